The molecule has 0 spiro atoms. The Bertz CT molecular complexity index is 822. The van der Waals surface area contributed by atoms with Gasteiger partial charge in [-0.15, -0.1) is 0 Å². The van der Waals surface area contributed by atoms with Crippen molar-refractivity contribution in [1.82, 2.24) is 0 Å². The molecule has 0 amide bonds. The quantitative estimate of drug-likeness (QED) is 0.630. The summed E-state index contributed by atoms with van der Waals surface area (Å²) >= 11 is 0. The second-order valence-electron chi connectivity index (χ2n) is 10.2. The highest BCUT2D eigenvalue weighted by molar-refractivity contribution is 7.91. The van der Waals surface area contributed by atoms with Crippen molar-refractivity contribution in [3.05, 3.63) is 29.3 Å². The molecule has 3 heteroatoms. The fraction of sp³-hybridized carbons (Fsp3) is 0.727. The maximum Gasteiger partial charge on any atom is 0.179 e. The maximum absolute atomic E-state index is 13.2. The zero-order chi connectivity index (χ0) is 18.3. The third-order valence-corrected chi connectivity index (χ3v) is 10.0. The lowest BCUT2D eigenvalue weighted by Gasteiger charge is -2.63. The first-order valence-electron chi connectivity index (χ1n) is 9.85. The molecule has 3 aliphatic rings. The fourth-order valence-electron chi connectivity index (χ4n) is 7.01. The van der Waals surface area contributed by atoms with Crippen LogP contribution < -0.4 is 0 Å². The van der Waals surface area contributed by atoms with E-state index in [1.807, 2.05) is 13.0 Å². The van der Waals surface area contributed by atoms with E-state index in [2.05, 4.69) is 39.8 Å². The van der Waals surface area contributed by atoms with Crippen molar-refractivity contribution in [2.75, 3.05) is 5.75 Å². The number of aryl methyl sites for hydroxylation is 1. The standard InChI is InChI=1S/C22H32O2S/c1-15-7-8-16-17(13-15)25(23,24)14-19-21(16,4)12-9-18-20(2,3)10-6-11-22(18,19)5/h7-8,13,18-19H,6,9-12,14H2,1-5H3/t18-,19-,21-,22-/m0/s1. The average molecular weight is 361 g/mol. The molecular formula is C22H32O2S. The molecule has 0 saturated heterocycles. The molecular weight excluding hydrogens is 328 g/mol. The molecule has 1 aromatic carbocycles. The average Bonchev–Trinajstić information content (AvgIpc) is 2.49. The Hall–Kier alpha value is -0.830. The van der Waals surface area contributed by atoms with Gasteiger partial charge in [0.1, 0.15) is 0 Å². The van der Waals surface area contributed by atoms with Gasteiger partial charge in [0, 0.05) is 0 Å². The van der Waals surface area contributed by atoms with E-state index in [1.54, 1.807) is 0 Å². The third kappa shape index (κ3) is 2.30. The molecule has 2 aliphatic carbocycles. The van der Waals surface area contributed by atoms with Crippen LogP contribution in [0.2, 0.25) is 0 Å². The van der Waals surface area contributed by atoms with E-state index >= 15 is 0 Å². The van der Waals surface area contributed by atoms with E-state index < -0.39 is 9.84 Å². The Kier molecular flexibility index (Phi) is 3.60. The van der Waals surface area contributed by atoms with Crippen LogP contribution in [-0.4, -0.2) is 14.2 Å². The molecule has 0 unspecified atom stereocenters. The van der Waals surface area contributed by atoms with Crippen LogP contribution >= 0.6 is 0 Å². The van der Waals surface area contributed by atoms with E-state index in [9.17, 15) is 8.42 Å². The monoisotopic (exact) mass is 360 g/mol. The van der Waals surface area contributed by atoms with Gasteiger partial charge in [-0.3, -0.25) is 0 Å². The van der Waals surface area contributed by atoms with Gasteiger partial charge < -0.3 is 0 Å². The maximum atomic E-state index is 13.2. The molecule has 1 heterocycles. The molecule has 2 fully saturated rings. The highest BCUT2D eigenvalue weighted by Gasteiger charge is 2.61. The van der Waals surface area contributed by atoms with Gasteiger partial charge in [-0.25, -0.2) is 8.42 Å². The molecule has 0 aromatic heterocycles. The second-order valence-corrected chi connectivity index (χ2v) is 12.2. The van der Waals surface area contributed by atoms with Gasteiger partial charge >= 0.3 is 0 Å². The minimum absolute atomic E-state index is 0.00692. The summed E-state index contributed by atoms with van der Waals surface area (Å²) in [6.07, 6.45) is 6.03. The third-order valence-electron chi connectivity index (χ3n) is 8.27. The molecule has 25 heavy (non-hydrogen) atoms. The highest BCUT2D eigenvalue weighted by Crippen LogP contribution is 2.66. The molecule has 0 radical (unpaired) electrons. The Morgan fingerprint density at radius 3 is 2.44 bits per heavy atom. The SMILES string of the molecule is Cc1ccc2c(c1)S(=O)(=O)C[C@@H]1[C@@]3(C)CCCC(C)(C)[C@@H]3CC[C@@]21C. The summed E-state index contributed by atoms with van der Waals surface area (Å²) in [6.45, 7) is 11.6. The van der Waals surface area contributed by atoms with Gasteiger partial charge in [-0.05, 0) is 77.9 Å². The van der Waals surface area contributed by atoms with Crippen LogP contribution in [0.15, 0.2) is 23.1 Å². The highest BCUT2D eigenvalue weighted by atomic mass is 32.2. The van der Waals surface area contributed by atoms with Crippen molar-refractivity contribution in [1.29, 1.82) is 0 Å². The fourth-order valence-corrected chi connectivity index (χ4v) is 9.38. The van der Waals surface area contributed by atoms with E-state index in [0.717, 1.165) is 17.5 Å². The Labute approximate surface area is 153 Å². The van der Waals surface area contributed by atoms with Gasteiger partial charge in [0.15, 0.2) is 9.84 Å². The molecule has 1 aromatic rings. The summed E-state index contributed by atoms with van der Waals surface area (Å²) in [5.74, 6) is 1.20. The largest absolute Gasteiger partial charge is 0.224 e. The molecule has 4 rings (SSSR count). The van der Waals surface area contributed by atoms with Crippen LogP contribution in [0.25, 0.3) is 0 Å². The second kappa shape index (κ2) is 5.12. The van der Waals surface area contributed by atoms with Crippen molar-refractivity contribution in [2.45, 2.75) is 77.0 Å². The predicted octanol–water partition coefficient (Wildman–Crippen LogP) is 5.28. The van der Waals surface area contributed by atoms with E-state index in [-0.39, 0.29) is 16.7 Å². The topological polar surface area (TPSA) is 34.1 Å². The Morgan fingerprint density at radius 2 is 1.72 bits per heavy atom. The summed E-state index contributed by atoms with van der Waals surface area (Å²) < 4.78 is 26.4. The normalized spacial score (nSPS) is 41.3. The predicted molar refractivity (Wildman–Crippen MR) is 103 cm³/mol. The Morgan fingerprint density at radius 1 is 1.00 bits per heavy atom. The molecule has 2 saturated carbocycles. The van der Waals surface area contributed by atoms with Crippen LogP contribution in [0.5, 0.6) is 0 Å². The van der Waals surface area contributed by atoms with Crippen molar-refractivity contribution in [3.8, 4) is 0 Å². The van der Waals surface area contributed by atoms with Crippen LogP contribution in [0.1, 0.15) is 70.9 Å². The minimum Gasteiger partial charge on any atom is -0.224 e. The zero-order valence-corrected chi connectivity index (χ0v) is 17.2. The van der Waals surface area contributed by atoms with Gasteiger partial charge in [0.2, 0.25) is 0 Å². The number of rotatable bonds is 0. The van der Waals surface area contributed by atoms with Crippen LogP contribution in [-0.2, 0) is 15.3 Å². The van der Waals surface area contributed by atoms with E-state index in [4.69, 9.17) is 0 Å². The van der Waals surface area contributed by atoms with Gasteiger partial charge in [0.05, 0.1) is 10.6 Å². The first kappa shape index (κ1) is 17.6. The first-order valence-corrected chi connectivity index (χ1v) is 11.5. The van der Waals surface area contributed by atoms with E-state index in [0.29, 0.717) is 22.0 Å². The molecule has 138 valence electrons. The summed E-state index contributed by atoms with van der Waals surface area (Å²) in [7, 11) is -3.20. The van der Waals surface area contributed by atoms with Gasteiger partial charge in [-0.2, -0.15) is 0 Å². The molecule has 0 N–H and O–H groups in total. The first-order chi connectivity index (χ1) is 11.5. The molecule has 2 nitrogen and oxygen atoms in total. The van der Waals surface area contributed by atoms with Crippen molar-refractivity contribution in [2.24, 2.45) is 22.7 Å². The summed E-state index contributed by atoms with van der Waals surface area (Å²) in [5.41, 5.74) is 2.59. The number of sulfone groups is 1. The van der Waals surface area contributed by atoms with Crippen molar-refractivity contribution >= 4 is 9.84 Å². The lowest BCUT2D eigenvalue weighted by atomic mass is 9.43. The van der Waals surface area contributed by atoms with Crippen LogP contribution in [0.4, 0.5) is 0 Å². The smallest absolute Gasteiger partial charge is 0.179 e. The summed E-state index contributed by atoms with van der Waals surface area (Å²) in [5, 5.41) is 0. The number of hydrogen-bond donors (Lipinski definition) is 0. The summed E-state index contributed by atoms with van der Waals surface area (Å²) in [4.78, 5) is 0.614. The zero-order valence-electron chi connectivity index (χ0n) is 16.4. The van der Waals surface area contributed by atoms with Gasteiger partial charge in [0.25, 0.3) is 0 Å². The Balaban J connectivity index is 1.91. The molecule has 0 bridgehead atoms. The number of hydrogen-bond acceptors (Lipinski definition) is 2. The van der Waals surface area contributed by atoms with Crippen LogP contribution in [0.3, 0.4) is 0 Å². The van der Waals surface area contributed by atoms with Gasteiger partial charge in [-0.1, -0.05) is 46.2 Å². The molecule has 1 aliphatic heterocycles. The lowest BCUT2D eigenvalue weighted by Crippen LogP contribution is -2.59. The summed E-state index contributed by atoms with van der Waals surface area (Å²) in [6, 6.07) is 6.12. The lowest BCUT2D eigenvalue weighted by molar-refractivity contribution is -0.0981. The van der Waals surface area contributed by atoms with Crippen molar-refractivity contribution in [3.63, 3.8) is 0 Å². The van der Waals surface area contributed by atoms with Crippen LogP contribution in [0, 0.1) is 29.6 Å². The number of benzene rings is 1. The van der Waals surface area contributed by atoms with Crippen molar-refractivity contribution < 1.29 is 8.42 Å². The molecule has 4 atom stereocenters. The van der Waals surface area contributed by atoms with E-state index in [1.165, 1.54) is 25.7 Å². The number of fused-ring (bicyclic) bond motifs is 5. The minimum atomic E-state index is -3.20.